The van der Waals surface area contributed by atoms with E-state index >= 15 is 0 Å². The number of aliphatic hydroxyl groups is 2. The largest absolute Gasteiger partial charge is 0.479 e. The van der Waals surface area contributed by atoms with Crippen LogP contribution in [-0.2, 0) is 4.79 Å². The van der Waals surface area contributed by atoms with Gasteiger partial charge in [0.15, 0.2) is 5.60 Å². The van der Waals surface area contributed by atoms with Crippen LogP contribution < -0.4 is 0 Å². The van der Waals surface area contributed by atoms with Crippen LogP contribution in [-0.4, -0.2) is 33.0 Å². The highest BCUT2D eigenvalue weighted by Crippen LogP contribution is 2.21. The zero-order chi connectivity index (χ0) is 15.2. The van der Waals surface area contributed by atoms with Gasteiger partial charge >= 0.3 is 5.97 Å². The minimum atomic E-state index is -3.77. The van der Waals surface area contributed by atoms with Crippen molar-refractivity contribution in [3.8, 4) is 0 Å². The third-order valence-corrected chi connectivity index (χ3v) is 1.31. The van der Waals surface area contributed by atoms with E-state index in [0.717, 1.165) is 0 Å². The number of hydrogen-bond acceptors (Lipinski definition) is 3. The molecule has 0 heterocycles. The minimum Gasteiger partial charge on any atom is -0.479 e. The second-order valence-electron chi connectivity index (χ2n) is 2.12. The maximum atomic E-state index is 11.0. The lowest BCUT2D eigenvalue weighted by atomic mass is 9.86. The monoisotopic (exact) mass is 169 g/mol. The Balaban J connectivity index is 6.29. The Labute approximate surface area is 75.3 Å². The van der Waals surface area contributed by atoms with Crippen molar-refractivity contribution in [3.05, 3.63) is 0 Å². The fraction of sp³-hybridized carbons (Fsp3) is 0.857. The molecule has 0 bridgehead atoms. The minimum absolute atomic E-state index is 0.703. The van der Waals surface area contributed by atoms with Crippen LogP contribution in [0.25, 0.3) is 0 Å². The lowest BCUT2D eigenvalue weighted by Gasteiger charge is -2.29. The second kappa shape index (κ2) is 3.19. The Morgan fingerprint density at radius 1 is 1.73 bits per heavy atom. The first-order valence-corrected chi connectivity index (χ1v) is 2.78. The Morgan fingerprint density at radius 2 is 2.18 bits per heavy atom. The van der Waals surface area contributed by atoms with Gasteiger partial charge in [0, 0.05) is 9.60 Å². The number of hydrogen-bond donors (Lipinski definition) is 3. The van der Waals surface area contributed by atoms with Crippen LogP contribution in [0.2, 0.25) is 0 Å². The molecular weight excluding hydrogens is 148 g/mol. The molecule has 0 radical (unpaired) electrons. The van der Waals surface area contributed by atoms with E-state index < -0.39 is 37.3 Å². The summed E-state index contributed by atoms with van der Waals surface area (Å²) in [7, 11) is 0. The summed E-state index contributed by atoms with van der Waals surface area (Å²) in [6, 6.07) is 0. The van der Waals surface area contributed by atoms with Gasteiger partial charge in [-0.1, -0.05) is 13.7 Å². The van der Waals surface area contributed by atoms with Crippen molar-refractivity contribution in [1.29, 1.82) is 0 Å². The molecule has 0 aromatic rings. The zero-order valence-electron chi connectivity index (χ0n) is 12.8. The molecule has 0 fully saturated rings. The van der Waals surface area contributed by atoms with Gasteiger partial charge in [0.2, 0.25) is 0 Å². The van der Waals surface area contributed by atoms with Crippen LogP contribution in [0.4, 0.5) is 0 Å². The van der Waals surface area contributed by atoms with Crippen molar-refractivity contribution in [2.24, 2.45) is 5.89 Å². The first-order chi connectivity index (χ1) is 7.64. The number of rotatable bonds is 3. The Bertz CT molecular complexity index is 320. The van der Waals surface area contributed by atoms with Crippen LogP contribution in [0.15, 0.2) is 0 Å². The highest BCUT2D eigenvalue weighted by atomic mass is 16.4. The average Bonchev–Trinajstić information content (AvgIpc) is 2.10. The van der Waals surface area contributed by atoms with Gasteiger partial charge < -0.3 is 15.3 Å². The number of carboxylic acid groups (broad SMARTS) is 1. The topological polar surface area (TPSA) is 77.8 Å². The predicted octanol–water partition coefficient (Wildman–Crippen LogP) is -0.161. The number of aliphatic carboxylic acids is 1. The SMILES string of the molecule is [2H]C([2H])([2H])C([2H])(C([2H])([2H])[2H])C(O)(C(=O)O)C(C)O. The first-order valence-electron chi connectivity index (χ1n) is 6.28. The van der Waals surface area contributed by atoms with Gasteiger partial charge in [0.05, 0.1) is 6.10 Å². The molecule has 4 heteroatoms. The van der Waals surface area contributed by atoms with Crippen LogP contribution >= 0.6 is 0 Å². The van der Waals surface area contributed by atoms with Gasteiger partial charge in [-0.3, -0.25) is 0 Å². The van der Waals surface area contributed by atoms with Crippen LogP contribution in [0, 0.1) is 5.89 Å². The fourth-order valence-electron chi connectivity index (χ4n) is 0.495. The summed E-state index contributed by atoms with van der Waals surface area (Å²) in [5.74, 6) is -6.06. The molecular formula is C7H14O4. The van der Waals surface area contributed by atoms with Gasteiger partial charge in [0.1, 0.15) is 0 Å². The molecule has 0 aromatic carbocycles. The van der Waals surface area contributed by atoms with Gasteiger partial charge in [-0.15, -0.1) is 0 Å². The van der Waals surface area contributed by atoms with E-state index in [1.54, 1.807) is 0 Å². The van der Waals surface area contributed by atoms with Crippen molar-refractivity contribution in [3.63, 3.8) is 0 Å². The Kier molecular flexibility index (Phi) is 0.990. The molecule has 0 saturated heterocycles. The highest BCUT2D eigenvalue weighted by Gasteiger charge is 2.44. The van der Waals surface area contributed by atoms with E-state index in [2.05, 4.69) is 0 Å². The lowest BCUT2D eigenvalue weighted by molar-refractivity contribution is -0.177. The summed E-state index contributed by atoms with van der Waals surface area (Å²) in [5, 5.41) is 27.9. The molecule has 0 spiro atoms. The molecule has 66 valence electrons. The van der Waals surface area contributed by atoms with Crippen molar-refractivity contribution >= 4 is 5.97 Å². The average molecular weight is 169 g/mol. The molecule has 0 aliphatic carbocycles. The van der Waals surface area contributed by atoms with E-state index in [9.17, 15) is 15.0 Å². The van der Waals surface area contributed by atoms with Gasteiger partial charge in [-0.2, -0.15) is 0 Å². The summed E-state index contributed by atoms with van der Waals surface area (Å²) in [6.07, 6.45) is -2.27. The molecule has 0 aliphatic rings. The second-order valence-corrected chi connectivity index (χ2v) is 2.12. The molecule has 0 saturated carbocycles. The maximum Gasteiger partial charge on any atom is 0.338 e. The van der Waals surface area contributed by atoms with Crippen molar-refractivity contribution in [1.82, 2.24) is 0 Å². The van der Waals surface area contributed by atoms with Crippen LogP contribution in [0.3, 0.4) is 0 Å². The summed E-state index contributed by atoms with van der Waals surface area (Å²) < 4.78 is 49.7. The standard InChI is InChI=1S/C7H14O4/c1-4(2)7(11,5(3)8)6(9)10/h4-5,8,11H,1-3H3,(H,9,10)/i1D3,2D3,4D. The molecule has 3 N–H and O–H groups in total. The van der Waals surface area contributed by atoms with Crippen molar-refractivity contribution < 1.29 is 29.7 Å². The number of aliphatic hydroxyl groups excluding tert-OH is 1. The smallest absolute Gasteiger partial charge is 0.338 e. The summed E-state index contributed by atoms with van der Waals surface area (Å²) in [5.41, 5.74) is -3.66. The van der Waals surface area contributed by atoms with Gasteiger partial charge in [0.25, 0.3) is 0 Å². The molecule has 11 heavy (non-hydrogen) atoms. The Morgan fingerprint density at radius 3 is 2.27 bits per heavy atom. The molecule has 0 rings (SSSR count). The molecule has 0 amide bonds. The molecule has 0 aromatic heterocycles. The lowest BCUT2D eigenvalue weighted by Crippen LogP contribution is -2.52. The van der Waals surface area contributed by atoms with E-state index in [0.29, 0.717) is 6.92 Å². The number of carboxylic acids is 1. The third kappa shape index (κ3) is 1.70. The predicted molar refractivity (Wildman–Crippen MR) is 39.1 cm³/mol. The van der Waals surface area contributed by atoms with E-state index in [1.807, 2.05) is 0 Å². The van der Waals surface area contributed by atoms with Gasteiger partial charge in [-0.05, 0) is 12.8 Å². The zero-order valence-corrected chi connectivity index (χ0v) is 5.83. The summed E-state index contributed by atoms with van der Waals surface area (Å²) >= 11 is 0. The van der Waals surface area contributed by atoms with Crippen molar-refractivity contribution in [2.45, 2.75) is 32.3 Å². The summed E-state index contributed by atoms with van der Waals surface area (Å²) in [4.78, 5) is 11.0. The van der Waals surface area contributed by atoms with E-state index in [1.165, 1.54) is 0 Å². The van der Waals surface area contributed by atoms with Crippen LogP contribution in [0.1, 0.15) is 30.2 Å². The molecule has 2 atom stereocenters. The molecule has 4 nitrogen and oxygen atoms in total. The van der Waals surface area contributed by atoms with E-state index in [-0.39, 0.29) is 0 Å². The highest BCUT2D eigenvalue weighted by molar-refractivity contribution is 5.78. The maximum absolute atomic E-state index is 11.0. The molecule has 0 aliphatic heterocycles. The van der Waals surface area contributed by atoms with E-state index in [4.69, 9.17) is 14.7 Å². The number of carbonyl (C=O) groups is 1. The van der Waals surface area contributed by atoms with Crippen LogP contribution in [0.5, 0.6) is 0 Å². The Hall–Kier alpha value is -0.610. The van der Waals surface area contributed by atoms with Gasteiger partial charge in [-0.25, -0.2) is 4.79 Å². The fourth-order valence-corrected chi connectivity index (χ4v) is 0.495. The first kappa shape index (κ1) is 3.41. The van der Waals surface area contributed by atoms with Crippen molar-refractivity contribution in [2.75, 3.05) is 0 Å². The normalized spacial score (nSPS) is 32.1. The molecule has 2 unspecified atom stereocenters. The quantitative estimate of drug-likeness (QED) is 0.548. The summed E-state index contributed by atoms with van der Waals surface area (Å²) in [6.45, 7) is -6.60. The third-order valence-electron chi connectivity index (χ3n) is 1.31.